The van der Waals surface area contributed by atoms with Gasteiger partial charge in [0.15, 0.2) is 0 Å². The van der Waals surface area contributed by atoms with Gasteiger partial charge in [0.25, 0.3) is 0 Å². The molecule has 14 heavy (non-hydrogen) atoms. The first-order valence-electron chi connectivity index (χ1n) is 6.22. The molecule has 0 nitrogen and oxygen atoms in total. The van der Waals surface area contributed by atoms with Gasteiger partial charge < -0.3 is 0 Å². The quantitative estimate of drug-likeness (QED) is 0.648. The maximum Gasteiger partial charge on any atom is 0.00651 e. The van der Waals surface area contributed by atoms with E-state index in [9.17, 15) is 0 Å². The van der Waals surface area contributed by atoms with Crippen molar-refractivity contribution >= 4 is 15.9 Å². The van der Waals surface area contributed by atoms with Crippen LogP contribution in [0.1, 0.15) is 52.4 Å². The highest BCUT2D eigenvalue weighted by atomic mass is 79.9. The maximum atomic E-state index is 3.66. The van der Waals surface area contributed by atoms with Crippen LogP contribution in [0.15, 0.2) is 0 Å². The smallest absolute Gasteiger partial charge is 0.00651 e. The summed E-state index contributed by atoms with van der Waals surface area (Å²) < 4.78 is 0. The molecular weight excluding hydrogens is 236 g/mol. The molecule has 2 saturated carbocycles. The van der Waals surface area contributed by atoms with Crippen LogP contribution >= 0.6 is 15.9 Å². The lowest BCUT2D eigenvalue weighted by atomic mass is 9.75. The van der Waals surface area contributed by atoms with Gasteiger partial charge in [-0.1, -0.05) is 42.6 Å². The van der Waals surface area contributed by atoms with Crippen LogP contribution < -0.4 is 0 Å². The fraction of sp³-hybridized carbons (Fsp3) is 1.00. The Hall–Kier alpha value is 0.480. The summed E-state index contributed by atoms with van der Waals surface area (Å²) in [6, 6.07) is 0. The third-order valence-corrected chi connectivity index (χ3v) is 5.11. The third kappa shape index (κ3) is 2.18. The van der Waals surface area contributed by atoms with Gasteiger partial charge in [0.1, 0.15) is 0 Å². The van der Waals surface area contributed by atoms with Crippen molar-refractivity contribution in [3.05, 3.63) is 0 Å². The van der Waals surface area contributed by atoms with E-state index in [1.807, 2.05) is 0 Å². The molecule has 2 fully saturated rings. The summed E-state index contributed by atoms with van der Waals surface area (Å²) in [4.78, 5) is 0. The lowest BCUT2D eigenvalue weighted by molar-refractivity contribution is 0.208. The maximum absolute atomic E-state index is 3.66. The largest absolute Gasteiger partial charge is 0.0925 e. The minimum Gasteiger partial charge on any atom is -0.0925 e. The molecule has 0 aromatic heterocycles. The average molecular weight is 259 g/mol. The van der Waals surface area contributed by atoms with Crippen molar-refractivity contribution in [3.8, 4) is 0 Å². The van der Waals surface area contributed by atoms with Gasteiger partial charge >= 0.3 is 0 Å². The molecule has 0 amide bonds. The summed E-state index contributed by atoms with van der Waals surface area (Å²) in [5, 5.41) is 1.25. The van der Waals surface area contributed by atoms with Gasteiger partial charge in [-0.05, 0) is 48.9 Å². The first-order valence-corrected chi connectivity index (χ1v) is 7.34. The van der Waals surface area contributed by atoms with Crippen LogP contribution in [0.2, 0.25) is 0 Å². The molecule has 1 heteroatoms. The molecule has 2 aliphatic rings. The van der Waals surface area contributed by atoms with Crippen LogP contribution in [-0.2, 0) is 0 Å². The Morgan fingerprint density at radius 2 is 2.14 bits per heavy atom. The van der Waals surface area contributed by atoms with Crippen molar-refractivity contribution in [3.63, 3.8) is 0 Å². The van der Waals surface area contributed by atoms with E-state index in [0.717, 1.165) is 23.2 Å². The normalized spacial score (nSPS) is 42.0. The highest BCUT2D eigenvalue weighted by Gasteiger charge is 2.54. The molecule has 0 N–H and O–H groups in total. The van der Waals surface area contributed by atoms with Crippen LogP contribution in [0, 0.1) is 23.2 Å². The molecule has 3 atom stereocenters. The predicted octanol–water partition coefficient (Wildman–Crippen LogP) is 4.62. The van der Waals surface area contributed by atoms with E-state index in [0.29, 0.717) is 0 Å². The zero-order valence-corrected chi connectivity index (χ0v) is 11.1. The van der Waals surface area contributed by atoms with Gasteiger partial charge in [0.05, 0.1) is 0 Å². The number of hydrogen-bond donors (Lipinski definition) is 0. The van der Waals surface area contributed by atoms with E-state index in [2.05, 4.69) is 29.8 Å². The van der Waals surface area contributed by atoms with Gasteiger partial charge in [0, 0.05) is 5.33 Å². The molecule has 82 valence electrons. The second-order valence-electron chi connectivity index (χ2n) is 6.01. The number of halogens is 1. The van der Waals surface area contributed by atoms with Crippen LogP contribution in [0.3, 0.4) is 0 Å². The molecule has 1 spiro atoms. The Morgan fingerprint density at radius 1 is 1.36 bits per heavy atom. The fourth-order valence-corrected chi connectivity index (χ4v) is 4.51. The van der Waals surface area contributed by atoms with Gasteiger partial charge in [-0.2, -0.15) is 0 Å². The number of hydrogen-bond acceptors (Lipinski definition) is 0. The van der Waals surface area contributed by atoms with Crippen molar-refractivity contribution in [1.82, 2.24) is 0 Å². The molecule has 0 saturated heterocycles. The molecule has 2 rings (SSSR count). The van der Waals surface area contributed by atoms with E-state index in [1.165, 1.54) is 37.4 Å². The van der Waals surface area contributed by atoms with Gasteiger partial charge in [-0.25, -0.2) is 0 Å². The van der Waals surface area contributed by atoms with Crippen molar-refractivity contribution < 1.29 is 0 Å². The van der Waals surface area contributed by atoms with E-state index in [4.69, 9.17) is 0 Å². The molecular formula is C13H23Br. The fourth-order valence-electron chi connectivity index (χ4n) is 3.60. The summed E-state index contributed by atoms with van der Waals surface area (Å²) in [6.07, 6.45) is 9.07. The molecule has 0 aromatic rings. The summed E-state index contributed by atoms with van der Waals surface area (Å²) in [7, 11) is 0. The van der Waals surface area contributed by atoms with Crippen LogP contribution in [0.5, 0.6) is 0 Å². The minimum atomic E-state index is 0.807. The first-order chi connectivity index (χ1) is 6.66. The van der Waals surface area contributed by atoms with Crippen molar-refractivity contribution in [2.24, 2.45) is 23.2 Å². The SMILES string of the molecule is CC(C)CC1CCCC2(C1)CC2CBr. The van der Waals surface area contributed by atoms with Crippen LogP contribution in [0.4, 0.5) is 0 Å². The van der Waals surface area contributed by atoms with Gasteiger partial charge in [-0.3, -0.25) is 0 Å². The number of alkyl halides is 1. The van der Waals surface area contributed by atoms with E-state index in [-0.39, 0.29) is 0 Å². The molecule has 0 radical (unpaired) electrons. The second kappa shape index (κ2) is 4.15. The summed E-state index contributed by atoms with van der Waals surface area (Å²) in [6.45, 7) is 4.74. The zero-order chi connectivity index (χ0) is 10.2. The molecule has 2 aliphatic carbocycles. The standard InChI is InChI=1S/C13H23Br/c1-10(2)6-11-4-3-5-13(7-11)8-12(13)9-14/h10-12H,3-9H2,1-2H3. The number of rotatable bonds is 3. The summed E-state index contributed by atoms with van der Waals surface area (Å²) >= 11 is 3.66. The van der Waals surface area contributed by atoms with Crippen LogP contribution in [-0.4, -0.2) is 5.33 Å². The Bertz CT molecular complexity index is 199. The van der Waals surface area contributed by atoms with Gasteiger partial charge in [0.2, 0.25) is 0 Å². The molecule has 0 heterocycles. The third-order valence-electron chi connectivity index (χ3n) is 4.33. The van der Waals surface area contributed by atoms with E-state index in [1.54, 1.807) is 6.42 Å². The Kier molecular flexibility index (Phi) is 3.26. The Morgan fingerprint density at radius 3 is 2.71 bits per heavy atom. The lowest BCUT2D eigenvalue weighted by Gasteiger charge is -2.31. The lowest BCUT2D eigenvalue weighted by Crippen LogP contribution is -2.20. The van der Waals surface area contributed by atoms with Crippen LogP contribution in [0.25, 0.3) is 0 Å². The minimum absolute atomic E-state index is 0.807. The summed E-state index contributed by atoms with van der Waals surface area (Å²) in [5.74, 6) is 2.97. The Balaban J connectivity index is 1.86. The Labute approximate surface area is 97.0 Å². The van der Waals surface area contributed by atoms with E-state index >= 15 is 0 Å². The molecule has 0 aromatic carbocycles. The highest BCUT2D eigenvalue weighted by molar-refractivity contribution is 9.09. The first kappa shape index (κ1) is 11.0. The molecule has 3 unspecified atom stereocenters. The summed E-state index contributed by atoms with van der Waals surface area (Å²) in [5.41, 5.74) is 0.807. The van der Waals surface area contributed by atoms with Crippen molar-refractivity contribution in [2.75, 3.05) is 5.33 Å². The second-order valence-corrected chi connectivity index (χ2v) is 6.66. The van der Waals surface area contributed by atoms with Crippen molar-refractivity contribution in [2.45, 2.75) is 52.4 Å². The monoisotopic (exact) mass is 258 g/mol. The average Bonchev–Trinajstić information content (AvgIpc) is 2.77. The van der Waals surface area contributed by atoms with Gasteiger partial charge in [-0.15, -0.1) is 0 Å². The topological polar surface area (TPSA) is 0 Å². The predicted molar refractivity (Wildman–Crippen MR) is 65.7 cm³/mol. The van der Waals surface area contributed by atoms with E-state index < -0.39 is 0 Å². The molecule has 0 bridgehead atoms. The zero-order valence-electron chi connectivity index (χ0n) is 9.56. The molecule has 0 aliphatic heterocycles. The highest BCUT2D eigenvalue weighted by Crippen LogP contribution is 2.63. The van der Waals surface area contributed by atoms with Crippen molar-refractivity contribution in [1.29, 1.82) is 0 Å².